The number of amides is 1. The maximum atomic E-state index is 11.8. The van der Waals surface area contributed by atoms with Gasteiger partial charge in [0.1, 0.15) is 0 Å². The summed E-state index contributed by atoms with van der Waals surface area (Å²) in [5, 5.41) is 3.06. The quantitative estimate of drug-likeness (QED) is 0.436. The van der Waals surface area contributed by atoms with Crippen molar-refractivity contribution in [3.63, 3.8) is 0 Å². The Morgan fingerprint density at radius 1 is 0.857 bits per heavy atom. The first-order chi connectivity index (χ1) is 10.2. The molecule has 1 atom stereocenters. The molecular weight excluding hydrogens is 260 g/mol. The van der Waals surface area contributed by atoms with Crippen molar-refractivity contribution in [2.45, 2.75) is 103 Å². The van der Waals surface area contributed by atoms with E-state index in [1.54, 1.807) is 0 Å². The highest BCUT2D eigenvalue weighted by molar-refractivity contribution is 5.76. The van der Waals surface area contributed by atoms with Gasteiger partial charge in [0.05, 0.1) is 0 Å². The summed E-state index contributed by atoms with van der Waals surface area (Å²) in [4.78, 5) is 11.8. The minimum absolute atomic E-state index is 0.177. The lowest BCUT2D eigenvalue weighted by Gasteiger charge is -2.16. The van der Waals surface area contributed by atoms with E-state index in [2.05, 4.69) is 19.2 Å². The van der Waals surface area contributed by atoms with Crippen LogP contribution in [0.2, 0.25) is 0 Å². The van der Waals surface area contributed by atoms with Gasteiger partial charge in [0.25, 0.3) is 0 Å². The first kappa shape index (κ1) is 20.4. The van der Waals surface area contributed by atoms with E-state index in [1.165, 1.54) is 51.4 Å². The first-order valence-electron chi connectivity index (χ1n) is 9.24. The summed E-state index contributed by atoms with van der Waals surface area (Å²) in [6, 6.07) is 0.177. The van der Waals surface area contributed by atoms with E-state index >= 15 is 0 Å². The van der Waals surface area contributed by atoms with Crippen molar-refractivity contribution in [1.82, 2.24) is 5.32 Å². The van der Waals surface area contributed by atoms with Crippen molar-refractivity contribution in [3.8, 4) is 0 Å². The second-order valence-corrected chi connectivity index (χ2v) is 6.22. The summed E-state index contributed by atoms with van der Waals surface area (Å²) in [5.41, 5.74) is 5.69. The number of carbonyl (C=O) groups excluding carboxylic acids is 1. The van der Waals surface area contributed by atoms with Crippen LogP contribution < -0.4 is 11.1 Å². The fraction of sp³-hybridized carbons (Fsp3) is 0.944. The smallest absolute Gasteiger partial charge is 0.220 e. The zero-order chi connectivity index (χ0) is 15.8. The van der Waals surface area contributed by atoms with Crippen LogP contribution >= 0.6 is 0 Å². The molecule has 0 fully saturated rings. The van der Waals surface area contributed by atoms with Gasteiger partial charge in [-0.05, 0) is 12.8 Å². The van der Waals surface area contributed by atoms with Crippen molar-refractivity contribution >= 4 is 5.91 Å². The standard InChI is InChI=1S/C18H38N2O/c1-3-5-7-8-9-10-11-12-13-15-18(21)20-17(16-19)14-6-4-2/h17H,3-16,19H2,1-2H3,(H,20,21). The van der Waals surface area contributed by atoms with Crippen LogP contribution in [0.5, 0.6) is 0 Å². The second-order valence-electron chi connectivity index (χ2n) is 6.22. The van der Waals surface area contributed by atoms with Crippen molar-refractivity contribution in [2.75, 3.05) is 6.54 Å². The molecular formula is C18H38N2O. The normalized spacial score (nSPS) is 12.3. The number of hydrogen-bond acceptors (Lipinski definition) is 2. The van der Waals surface area contributed by atoms with E-state index in [9.17, 15) is 4.79 Å². The van der Waals surface area contributed by atoms with E-state index < -0.39 is 0 Å². The van der Waals surface area contributed by atoms with E-state index in [0.717, 1.165) is 25.7 Å². The Morgan fingerprint density at radius 2 is 1.38 bits per heavy atom. The van der Waals surface area contributed by atoms with Crippen LogP contribution in [0.1, 0.15) is 97.3 Å². The summed E-state index contributed by atoms with van der Waals surface area (Å²) in [7, 11) is 0. The molecule has 0 bridgehead atoms. The van der Waals surface area contributed by atoms with Crippen LogP contribution in [-0.2, 0) is 4.79 Å². The lowest BCUT2D eigenvalue weighted by Crippen LogP contribution is -2.40. The van der Waals surface area contributed by atoms with Crippen molar-refractivity contribution in [1.29, 1.82) is 0 Å². The van der Waals surface area contributed by atoms with Gasteiger partial charge in [-0.1, -0.05) is 78.1 Å². The number of rotatable bonds is 15. The molecule has 0 saturated heterocycles. The molecule has 0 aromatic rings. The van der Waals surface area contributed by atoms with Gasteiger partial charge in [0.2, 0.25) is 5.91 Å². The number of unbranched alkanes of at least 4 members (excludes halogenated alkanes) is 9. The van der Waals surface area contributed by atoms with Crippen LogP contribution in [0.3, 0.4) is 0 Å². The van der Waals surface area contributed by atoms with Gasteiger partial charge in [-0.2, -0.15) is 0 Å². The average Bonchev–Trinajstić information content (AvgIpc) is 2.49. The Balaban J connectivity index is 3.40. The fourth-order valence-corrected chi connectivity index (χ4v) is 2.60. The van der Waals surface area contributed by atoms with Gasteiger partial charge in [0, 0.05) is 19.0 Å². The molecule has 0 aliphatic heterocycles. The number of carbonyl (C=O) groups is 1. The highest BCUT2D eigenvalue weighted by Crippen LogP contribution is 2.10. The van der Waals surface area contributed by atoms with Crippen LogP contribution in [0, 0.1) is 0 Å². The minimum Gasteiger partial charge on any atom is -0.352 e. The number of hydrogen-bond donors (Lipinski definition) is 2. The molecule has 0 aromatic heterocycles. The van der Waals surface area contributed by atoms with Gasteiger partial charge in [-0.15, -0.1) is 0 Å². The molecule has 0 aliphatic rings. The Labute approximate surface area is 132 Å². The Kier molecular flexibility index (Phi) is 15.4. The van der Waals surface area contributed by atoms with Crippen molar-refractivity contribution < 1.29 is 4.79 Å². The third-order valence-corrected chi connectivity index (χ3v) is 4.06. The van der Waals surface area contributed by atoms with Gasteiger partial charge < -0.3 is 11.1 Å². The molecule has 21 heavy (non-hydrogen) atoms. The van der Waals surface area contributed by atoms with Gasteiger partial charge in [-0.3, -0.25) is 4.79 Å². The van der Waals surface area contributed by atoms with Gasteiger partial charge in [-0.25, -0.2) is 0 Å². The summed E-state index contributed by atoms with van der Waals surface area (Å²) in [6.07, 6.45) is 15.6. The molecule has 0 saturated carbocycles. The third kappa shape index (κ3) is 14.1. The van der Waals surface area contributed by atoms with E-state index in [4.69, 9.17) is 5.73 Å². The van der Waals surface area contributed by atoms with E-state index in [1.807, 2.05) is 0 Å². The highest BCUT2D eigenvalue weighted by atomic mass is 16.1. The maximum absolute atomic E-state index is 11.8. The minimum atomic E-state index is 0.177. The highest BCUT2D eigenvalue weighted by Gasteiger charge is 2.09. The molecule has 0 spiro atoms. The molecule has 1 amide bonds. The third-order valence-electron chi connectivity index (χ3n) is 4.06. The van der Waals surface area contributed by atoms with Gasteiger partial charge >= 0.3 is 0 Å². The zero-order valence-corrected chi connectivity index (χ0v) is 14.5. The molecule has 1 unspecified atom stereocenters. The molecule has 126 valence electrons. The molecule has 0 aliphatic carbocycles. The predicted molar refractivity (Wildman–Crippen MR) is 92.4 cm³/mol. The largest absolute Gasteiger partial charge is 0.352 e. The molecule has 3 nitrogen and oxygen atoms in total. The number of nitrogens with one attached hydrogen (secondary N) is 1. The topological polar surface area (TPSA) is 55.1 Å². The van der Waals surface area contributed by atoms with Crippen molar-refractivity contribution in [2.24, 2.45) is 5.73 Å². The Bertz CT molecular complexity index is 231. The molecule has 0 rings (SSSR count). The Hall–Kier alpha value is -0.570. The summed E-state index contributed by atoms with van der Waals surface area (Å²) >= 11 is 0. The lowest BCUT2D eigenvalue weighted by atomic mass is 10.1. The van der Waals surface area contributed by atoms with Crippen LogP contribution in [0.25, 0.3) is 0 Å². The second kappa shape index (κ2) is 15.8. The van der Waals surface area contributed by atoms with Crippen LogP contribution in [0.15, 0.2) is 0 Å². The van der Waals surface area contributed by atoms with E-state index in [0.29, 0.717) is 13.0 Å². The van der Waals surface area contributed by atoms with Crippen LogP contribution in [-0.4, -0.2) is 18.5 Å². The van der Waals surface area contributed by atoms with Crippen LogP contribution in [0.4, 0.5) is 0 Å². The van der Waals surface area contributed by atoms with Gasteiger partial charge in [0.15, 0.2) is 0 Å². The monoisotopic (exact) mass is 298 g/mol. The summed E-state index contributed by atoms with van der Waals surface area (Å²) in [6.45, 7) is 4.98. The maximum Gasteiger partial charge on any atom is 0.220 e. The molecule has 0 radical (unpaired) electrons. The summed E-state index contributed by atoms with van der Waals surface area (Å²) in [5.74, 6) is 0.185. The first-order valence-corrected chi connectivity index (χ1v) is 9.24. The fourth-order valence-electron chi connectivity index (χ4n) is 2.60. The van der Waals surface area contributed by atoms with Crippen molar-refractivity contribution in [3.05, 3.63) is 0 Å². The summed E-state index contributed by atoms with van der Waals surface area (Å²) < 4.78 is 0. The molecule has 0 aromatic carbocycles. The SMILES string of the molecule is CCCCCCCCCCCC(=O)NC(CN)CCCC. The van der Waals surface area contributed by atoms with E-state index in [-0.39, 0.29) is 11.9 Å². The molecule has 3 N–H and O–H groups in total. The Morgan fingerprint density at radius 3 is 1.90 bits per heavy atom. The molecule has 0 heterocycles. The zero-order valence-electron chi connectivity index (χ0n) is 14.5. The molecule has 3 heteroatoms. The average molecular weight is 299 g/mol. The predicted octanol–water partition coefficient (Wildman–Crippen LogP) is 4.54. The number of nitrogens with two attached hydrogens (primary N) is 1. The lowest BCUT2D eigenvalue weighted by molar-refractivity contribution is -0.121.